The number of piperidine rings is 1. The number of carbonyl (C=O) groups is 1. The molecule has 5 rings (SSSR count). The van der Waals surface area contributed by atoms with Crippen molar-refractivity contribution < 1.29 is 9.53 Å². The summed E-state index contributed by atoms with van der Waals surface area (Å²) in [7, 11) is 1.60. The van der Waals surface area contributed by atoms with Gasteiger partial charge in [-0.15, -0.1) is 0 Å². The summed E-state index contributed by atoms with van der Waals surface area (Å²) in [6.07, 6.45) is 6.84. The van der Waals surface area contributed by atoms with Crippen molar-refractivity contribution in [2.45, 2.75) is 31.7 Å². The summed E-state index contributed by atoms with van der Waals surface area (Å²) in [5.74, 6) is 0.925. The molecule has 8 heteroatoms. The van der Waals surface area contributed by atoms with Crippen molar-refractivity contribution in [2.75, 3.05) is 38.1 Å². The number of carbonyl (C=O) groups excluding carboxylic acids is 1. The summed E-state index contributed by atoms with van der Waals surface area (Å²) >= 11 is 1.71. The van der Waals surface area contributed by atoms with Crippen molar-refractivity contribution in [3.63, 3.8) is 0 Å². The molecule has 0 saturated carbocycles. The van der Waals surface area contributed by atoms with Crippen LogP contribution in [0.4, 0.5) is 5.13 Å². The van der Waals surface area contributed by atoms with Gasteiger partial charge in [0.15, 0.2) is 5.13 Å². The highest BCUT2D eigenvalue weighted by atomic mass is 32.1. The predicted molar refractivity (Wildman–Crippen MR) is 123 cm³/mol. The van der Waals surface area contributed by atoms with Crippen LogP contribution in [0.3, 0.4) is 0 Å². The largest absolute Gasteiger partial charge is 0.439 e. The van der Waals surface area contributed by atoms with Crippen molar-refractivity contribution >= 4 is 32.6 Å². The van der Waals surface area contributed by atoms with Crippen LogP contribution in [0.15, 0.2) is 36.5 Å². The van der Waals surface area contributed by atoms with Crippen molar-refractivity contribution in [3.8, 4) is 11.6 Å². The Labute approximate surface area is 186 Å². The number of ether oxygens (including phenoxy) is 1. The van der Waals surface area contributed by atoms with Crippen molar-refractivity contribution in [1.82, 2.24) is 20.2 Å². The molecule has 0 unspecified atom stereocenters. The second kappa shape index (κ2) is 8.80. The monoisotopic (exact) mass is 437 g/mol. The number of hydrogen-bond donors (Lipinski definition) is 1. The van der Waals surface area contributed by atoms with Crippen LogP contribution < -0.4 is 15.0 Å². The number of fused-ring (bicyclic) bond motifs is 1. The van der Waals surface area contributed by atoms with Crippen LogP contribution in [0.1, 0.15) is 36.0 Å². The number of benzene rings is 1. The van der Waals surface area contributed by atoms with Crippen LogP contribution in [0.2, 0.25) is 0 Å². The van der Waals surface area contributed by atoms with Gasteiger partial charge in [0.1, 0.15) is 5.75 Å². The van der Waals surface area contributed by atoms with Gasteiger partial charge in [-0.1, -0.05) is 17.8 Å². The molecule has 162 valence electrons. The number of aromatic nitrogens is 2. The van der Waals surface area contributed by atoms with Crippen LogP contribution >= 0.6 is 11.3 Å². The third-order valence-corrected chi connectivity index (χ3v) is 7.22. The van der Waals surface area contributed by atoms with Crippen LogP contribution in [0.25, 0.3) is 10.2 Å². The molecular weight excluding hydrogens is 410 g/mol. The number of thiazole rings is 1. The maximum Gasteiger partial charge on any atom is 0.251 e. The van der Waals surface area contributed by atoms with Crippen LogP contribution in [-0.4, -0.2) is 60.0 Å². The molecule has 2 fully saturated rings. The third-order valence-electron chi connectivity index (χ3n) is 6.14. The van der Waals surface area contributed by atoms with Crippen molar-refractivity contribution in [2.24, 2.45) is 0 Å². The van der Waals surface area contributed by atoms with E-state index in [-0.39, 0.29) is 5.91 Å². The standard InChI is InChI=1S/C23H27N5O2S/c1-24-22(29)16-7-9-25-21(13-16)30-18-5-6-19-20(14-18)31-23(26-19)28-12-8-17(15-28)27-10-3-2-4-11-27/h5-7,9,13-14,17H,2-4,8,10-12,15H2,1H3,(H,24,29)/t17-/m1/s1. The molecule has 7 nitrogen and oxygen atoms in total. The number of hydrogen-bond acceptors (Lipinski definition) is 7. The fraction of sp³-hybridized carbons (Fsp3) is 0.435. The van der Waals surface area contributed by atoms with Gasteiger partial charge in [-0.05, 0) is 50.6 Å². The number of amides is 1. The zero-order chi connectivity index (χ0) is 21.2. The molecule has 0 spiro atoms. The highest BCUT2D eigenvalue weighted by molar-refractivity contribution is 7.22. The lowest BCUT2D eigenvalue weighted by atomic mass is 10.1. The molecule has 0 bridgehead atoms. The van der Waals surface area contributed by atoms with E-state index >= 15 is 0 Å². The number of pyridine rings is 1. The Kier molecular flexibility index (Phi) is 5.74. The first-order valence-electron chi connectivity index (χ1n) is 11.0. The molecule has 0 aliphatic carbocycles. The summed E-state index contributed by atoms with van der Waals surface area (Å²) < 4.78 is 7.01. The molecule has 4 heterocycles. The topological polar surface area (TPSA) is 70.6 Å². The van der Waals surface area contributed by atoms with Crippen LogP contribution in [0.5, 0.6) is 11.6 Å². The Bertz CT molecular complexity index is 1080. The van der Waals surface area contributed by atoms with Crippen LogP contribution in [-0.2, 0) is 0 Å². The summed E-state index contributed by atoms with van der Waals surface area (Å²) in [6.45, 7) is 4.63. The number of likely N-dealkylation sites (tertiary alicyclic amines) is 1. The molecule has 3 aromatic rings. The van der Waals surface area contributed by atoms with E-state index in [1.807, 2.05) is 18.2 Å². The van der Waals surface area contributed by atoms with E-state index in [1.54, 1.807) is 36.7 Å². The first kappa shape index (κ1) is 20.2. The SMILES string of the molecule is CNC(=O)c1ccnc(Oc2ccc3nc(N4CC[C@@H](N5CCCCC5)C4)sc3c2)c1. The van der Waals surface area contributed by atoms with E-state index in [0.717, 1.165) is 28.4 Å². The summed E-state index contributed by atoms with van der Waals surface area (Å²) in [6, 6.07) is 9.86. The van der Waals surface area contributed by atoms with Gasteiger partial charge in [0.05, 0.1) is 10.2 Å². The summed E-state index contributed by atoms with van der Waals surface area (Å²) in [5, 5.41) is 3.70. The van der Waals surface area contributed by atoms with E-state index < -0.39 is 0 Å². The van der Waals surface area contributed by atoms with E-state index in [9.17, 15) is 4.79 Å². The van der Waals surface area contributed by atoms with Gasteiger partial charge in [0.2, 0.25) is 5.88 Å². The van der Waals surface area contributed by atoms with E-state index in [4.69, 9.17) is 9.72 Å². The minimum atomic E-state index is -0.164. The molecule has 0 radical (unpaired) electrons. The van der Waals surface area contributed by atoms with Gasteiger partial charge in [-0.2, -0.15) is 0 Å². The molecule has 2 aromatic heterocycles. The molecule has 2 aliphatic heterocycles. The van der Waals surface area contributed by atoms with Gasteiger partial charge in [0.25, 0.3) is 5.91 Å². The predicted octanol–water partition coefficient (Wildman–Crippen LogP) is 3.91. The fourth-order valence-corrected chi connectivity index (χ4v) is 5.49. The Morgan fingerprint density at radius 2 is 2.03 bits per heavy atom. The zero-order valence-electron chi connectivity index (χ0n) is 17.7. The third kappa shape index (κ3) is 4.36. The Balaban J connectivity index is 1.30. The molecular formula is C23H27N5O2S. The molecule has 1 atom stereocenters. The lowest BCUT2D eigenvalue weighted by Gasteiger charge is -2.32. The maximum absolute atomic E-state index is 11.8. The lowest BCUT2D eigenvalue weighted by molar-refractivity contribution is 0.0962. The number of nitrogens with one attached hydrogen (secondary N) is 1. The summed E-state index contributed by atoms with van der Waals surface area (Å²) in [5.41, 5.74) is 1.51. The van der Waals surface area contributed by atoms with E-state index in [2.05, 4.69) is 20.1 Å². The van der Waals surface area contributed by atoms with Crippen molar-refractivity contribution in [1.29, 1.82) is 0 Å². The molecule has 1 aromatic carbocycles. The minimum Gasteiger partial charge on any atom is -0.439 e. The first-order chi connectivity index (χ1) is 15.2. The van der Waals surface area contributed by atoms with E-state index in [1.165, 1.54) is 38.8 Å². The second-order valence-electron chi connectivity index (χ2n) is 8.18. The van der Waals surface area contributed by atoms with Crippen molar-refractivity contribution in [3.05, 3.63) is 42.1 Å². The van der Waals surface area contributed by atoms with Gasteiger partial charge >= 0.3 is 0 Å². The highest BCUT2D eigenvalue weighted by Crippen LogP contribution is 2.35. The van der Waals surface area contributed by atoms with E-state index in [0.29, 0.717) is 23.2 Å². The summed E-state index contributed by atoms with van der Waals surface area (Å²) in [4.78, 5) is 26.0. The zero-order valence-corrected chi connectivity index (χ0v) is 18.5. The number of anilines is 1. The normalized spacial score (nSPS) is 19.6. The number of nitrogens with zero attached hydrogens (tertiary/aromatic N) is 4. The molecule has 31 heavy (non-hydrogen) atoms. The highest BCUT2D eigenvalue weighted by Gasteiger charge is 2.30. The fourth-order valence-electron chi connectivity index (χ4n) is 4.46. The van der Waals surface area contributed by atoms with Crippen LogP contribution in [0, 0.1) is 0 Å². The quantitative estimate of drug-likeness (QED) is 0.653. The smallest absolute Gasteiger partial charge is 0.251 e. The Morgan fingerprint density at radius 1 is 1.16 bits per heavy atom. The van der Waals surface area contributed by atoms with Gasteiger partial charge in [-0.25, -0.2) is 9.97 Å². The van der Waals surface area contributed by atoms with Gasteiger partial charge < -0.3 is 15.0 Å². The molecule has 1 N–H and O–H groups in total. The average Bonchev–Trinajstić information content (AvgIpc) is 3.46. The van der Waals surface area contributed by atoms with Gasteiger partial charge in [0, 0.05) is 50.1 Å². The molecule has 2 saturated heterocycles. The first-order valence-corrected chi connectivity index (χ1v) is 11.8. The Morgan fingerprint density at radius 3 is 2.87 bits per heavy atom. The molecule has 2 aliphatic rings. The average molecular weight is 438 g/mol. The Hall–Kier alpha value is -2.71. The molecule has 1 amide bonds. The maximum atomic E-state index is 11.8. The van der Waals surface area contributed by atoms with Gasteiger partial charge in [-0.3, -0.25) is 9.69 Å². The second-order valence-corrected chi connectivity index (χ2v) is 9.18. The number of rotatable bonds is 5. The lowest BCUT2D eigenvalue weighted by Crippen LogP contribution is -2.40. The minimum absolute atomic E-state index is 0.164.